The number of sulfone groups is 2. The van der Waals surface area contributed by atoms with Crippen molar-refractivity contribution < 1.29 is 21.6 Å². The van der Waals surface area contributed by atoms with Gasteiger partial charge in [-0.15, -0.1) is 0 Å². The Hall–Kier alpha value is -3.55. The first-order chi connectivity index (χ1) is 18.5. The Kier molecular flexibility index (Phi) is 6.47. The lowest BCUT2D eigenvalue weighted by Crippen LogP contribution is -2.19. The number of carbonyl (C=O) groups excluding carboxylic acids is 1. The minimum Gasteiger partial charge on any atom is -0.288 e. The van der Waals surface area contributed by atoms with Crippen LogP contribution < -0.4 is 0 Å². The summed E-state index contributed by atoms with van der Waals surface area (Å²) in [6.07, 6.45) is 4.41. The zero-order valence-corrected chi connectivity index (χ0v) is 25.1. The molecule has 40 heavy (non-hydrogen) atoms. The maximum Gasteiger partial charge on any atom is 0.210 e. The molecule has 0 aromatic heterocycles. The second-order valence-electron chi connectivity index (χ2n) is 12.3. The molecular weight excluding hydrogens is 540 g/mol. The molecule has 0 atom stereocenters. The van der Waals surface area contributed by atoms with Gasteiger partial charge in [0.15, 0.2) is 0 Å². The van der Waals surface area contributed by atoms with Crippen molar-refractivity contribution >= 4 is 37.1 Å². The molecule has 5 rings (SSSR count). The molecule has 0 N–H and O–H groups in total. The van der Waals surface area contributed by atoms with E-state index in [9.17, 15) is 21.6 Å². The summed E-state index contributed by atoms with van der Waals surface area (Å²) in [6.45, 7) is 12.3. The molecule has 0 aliphatic heterocycles. The predicted molar refractivity (Wildman–Crippen MR) is 158 cm³/mol. The van der Waals surface area contributed by atoms with Crippen LogP contribution >= 0.6 is 0 Å². The fourth-order valence-electron chi connectivity index (χ4n) is 5.01. The van der Waals surface area contributed by atoms with Crippen molar-refractivity contribution in [3.63, 3.8) is 0 Å². The maximum atomic E-state index is 13.8. The van der Waals surface area contributed by atoms with Crippen molar-refractivity contribution in [2.75, 3.05) is 0 Å². The smallest absolute Gasteiger partial charge is 0.210 e. The van der Waals surface area contributed by atoms with Gasteiger partial charge in [0.25, 0.3) is 0 Å². The van der Waals surface area contributed by atoms with Gasteiger partial charge in [-0.25, -0.2) is 16.8 Å². The first kappa shape index (κ1) is 28.0. The van der Waals surface area contributed by atoms with Crippen molar-refractivity contribution in [1.82, 2.24) is 0 Å². The normalized spacial score (nSPS) is 15.7. The van der Waals surface area contributed by atoms with Crippen molar-refractivity contribution in [3.8, 4) is 0 Å². The van der Waals surface area contributed by atoms with E-state index < -0.39 is 25.5 Å². The molecule has 5 nitrogen and oxygen atoms in total. The van der Waals surface area contributed by atoms with Crippen LogP contribution in [-0.4, -0.2) is 22.6 Å². The zero-order chi connectivity index (χ0) is 29.3. The Labute approximate surface area is 236 Å². The SMILES string of the molecule is CC(C)(C)c1ccc(S(=O)(=O)C2=CC=C3C(=Cc4cccc(S(=O)(=O)c5ccc(C(C)(C)C)cc5)c43)C2=O)cc1. The van der Waals surface area contributed by atoms with Crippen LogP contribution in [0, 0.1) is 0 Å². The lowest BCUT2D eigenvalue weighted by Gasteiger charge is -2.20. The largest absolute Gasteiger partial charge is 0.288 e. The summed E-state index contributed by atoms with van der Waals surface area (Å²) in [5.74, 6) is -0.647. The van der Waals surface area contributed by atoms with E-state index in [0.717, 1.165) is 11.1 Å². The van der Waals surface area contributed by atoms with Crippen LogP contribution in [0.15, 0.2) is 104 Å². The minimum atomic E-state index is -4.09. The summed E-state index contributed by atoms with van der Waals surface area (Å²) >= 11 is 0. The summed E-state index contributed by atoms with van der Waals surface area (Å²) in [4.78, 5) is 13.5. The van der Waals surface area contributed by atoms with Crippen LogP contribution in [0.1, 0.15) is 63.8 Å². The molecule has 0 radical (unpaired) electrons. The molecule has 206 valence electrons. The molecule has 0 fully saturated rings. The van der Waals surface area contributed by atoms with E-state index in [1.807, 2.05) is 32.9 Å². The Bertz CT molecular complexity index is 1860. The molecule has 0 saturated heterocycles. The number of allylic oxidation sites excluding steroid dienone is 5. The molecule has 7 heteroatoms. The molecule has 3 aromatic carbocycles. The van der Waals surface area contributed by atoms with Gasteiger partial charge in [0.05, 0.1) is 14.7 Å². The number of ketones is 1. The van der Waals surface area contributed by atoms with Crippen LogP contribution in [0.3, 0.4) is 0 Å². The third-order valence-corrected chi connectivity index (χ3v) is 11.0. The van der Waals surface area contributed by atoms with Crippen LogP contribution in [0.25, 0.3) is 11.6 Å². The van der Waals surface area contributed by atoms with Crippen molar-refractivity contribution in [1.29, 1.82) is 0 Å². The molecule has 0 bridgehead atoms. The summed E-state index contributed by atoms with van der Waals surface area (Å²) in [7, 11) is -8.01. The monoisotopic (exact) mass is 572 g/mol. The van der Waals surface area contributed by atoms with Gasteiger partial charge in [-0.1, -0.05) is 84.0 Å². The first-order valence-corrected chi connectivity index (χ1v) is 16.0. The van der Waals surface area contributed by atoms with Crippen LogP contribution in [-0.2, 0) is 35.3 Å². The van der Waals surface area contributed by atoms with Gasteiger partial charge in [0.2, 0.25) is 25.5 Å². The van der Waals surface area contributed by atoms with E-state index in [2.05, 4.69) is 20.8 Å². The third-order valence-electron chi connectivity index (χ3n) is 7.43. The van der Waals surface area contributed by atoms with Gasteiger partial charge in [-0.2, -0.15) is 0 Å². The van der Waals surface area contributed by atoms with Crippen molar-refractivity contribution in [2.45, 2.75) is 67.1 Å². The number of carbonyl (C=O) groups is 1. The lowest BCUT2D eigenvalue weighted by molar-refractivity contribution is -0.111. The minimum absolute atomic E-state index is 0.0371. The standard InChI is InChI=1S/C33H32O5S2/c1-32(2,3)22-10-14-24(15-11-22)39(35,36)28-9-7-8-21-20-27-26(30(21)28)18-19-29(31(27)34)40(37,38)25-16-12-23(13-17-25)33(4,5)6/h7-20H,1-6H3. The number of hydrogen-bond acceptors (Lipinski definition) is 5. The Morgan fingerprint density at radius 1 is 0.575 bits per heavy atom. The van der Waals surface area contributed by atoms with Gasteiger partial charge in [0.1, 0.15) is 4.91 Å². The second-order valence-corrected chi connectivity index (χ2v) is 16.1. The number of Topliss-reactive ketones (excluding diaryl/α,β-unsaturated/α-hetero) is 1. The number of fused-ring (bicyclic) bond motifs is 3. The zero-order valence-electron chi connectivity index (χ0n) is 23.4. The number of benzene rings is 3. The number of rotatable bonds is 4. The van der Waals surface area contributed by atoms with E-state index in [-0.39, 0.29) is 36.0 Å². The topological polar surface area (TPSA) is 85.3 Å². The van der Waals surface area contributed by atoms with E-state index in [1.54, 1.807) is 42.5 Å². The van der Waals surface area contributed by atoms with Gasteiger partial charge in [-0.3, -0.25) is 4.79 Å². The van der Waals surface area contributed by atoms with Gasteiger partial charge >= 0.3 is 0 Å². The van der Waals surface area contributed by atoms with Crippen molar-refractivity contribution in [3.05, 3.63) is 112 Å². The molecule has 0 amide bonds. The highest BCUT2D eigenvalue weighted by molar-refractivity contribution is 7.96. The maximum absolute atomic E-state index is 13.8. The van der Waals surface area contributed by atoms with E-state index in [0.29, 0.717) is 16.7 Å². The lowest BCUT2D eigenvalue weighted by atomic mass is 9.87. The van der Waals surface area contributed by atoms with Crippen LogP contribution in [0.5, 0.6) is 0 Å². The van der Waals surface area contributed by atoms with E-state index in [1.165, 1.54) is 30.4 Å². The summed E-state index contributed by atoms with van der Waals surface area (Å²) in [6, 6.07) is 18.3. The third kappa shape index (κ3) is 4.61. The number of hydrogen-bond donors (Lipinski definition) is 0. The van der Waals surface area contributed by atoms with Gasteiger partial charge in [-0.05, 0) is 75.6 Å². The molecule has 2 aliphatic carbocycles. The average molecular weight is 573 g/mol. The molecule has 2 aliphatic rings. The second kappa shape index (κ2) is 9.25. The highest BCUT2D eigenvalue weighted by atomic mass is 32.2. The quantitative estimate of drug-likeness (QED) is 0.342. The fraction of sp³-hybridized carbons (Fsp3) is 0.242. The molecule has 0 unspecified atom stereocenters. The summed E-state index contributed by atoms with van der Waals surface area (Å²) in [5.41, 5.74) is 3.28. The Morgan fingerprint density at radius 2 is 1.07 bits per heavy atom. The van der Waals surface area contributed by atoms with Crippen LogP contribution in [0.4, 0.5) is 0 Å². The molecule has 0 spiro atoms. The Balaban J connectivity index is 1.56. The average Bonchev–Trinajstić information content (AvgIpc) is 3.28. The first-order valence-electron chi connectivity index (χ1n) is 13.1. The Morgan fingerprint density at radius 3 is 1.57 bits per heavy atom. The summed E-state index contributed by atoms with van der Waals surface area (Å²) < 4.78 is 54.5. The highest BCUT2D eigenvalue weighted by Crippen LogP contribution is 2.45. The molecule has 0 heterocycles. The summed E-state index contributed by atoms with van der Waals surface area (Å²) in [5, 5.41) is 0. The van der Waals surface area contributed by atoms with Crippen molar-refractivity contribution in [2.24, 2.45) is 0 Å². The van der Waals surface area contributed by atoms with E-state index >= 15 is 0 Å². The predicted octanol–water partition coefficient (Wildman–Crippen LogP) is 6.84. The van der Waals surface area contributed by atoms with Crippen LogP contribution in [0.2, 0.25) is 0 Å². The molecule has 3 aromatic rings. The molecular formula is C33H32O5S2. The van der Waals surface area contributed by atoms with Gasteiger partial charge < -0.3 is 0 Å². The fourth-order valence-corrected chi connectivity index (χ4v) is 7.86. The van der Waals surface area contributed by atoms with E-state index in [4.69, 9.17) is 0 Å². The van der Waals surface area contributed by atoms with Gasteiger partial charge in [0, 0.05) is 11.1 Å². The highest BCUT2D eigenvalue weighted by Gasteiger charge is 2.38. The molecule has 0 saturated carbocycles.